The van der Waals surface area contributed by atoms with Crippen molar-refractivity contribution in [2.45, 2.75) is 107 Å². The van der Waals surface area contributed by atoms with E-state index in [9.17, 15) is 10.2 Å². The molecule has 4 N–H and O–H groups in total. The molecule has 9 nitrogen and oxygen atoms in total. The molecular formula is C29H38ClFN6O3. The molecule has 3 aromatic rings. The number of benzene rings is 1. The molecule has 0 aliphatic heterocycles. The van der Waals surface area contributed by atoms with Gasteiger partial charge in [0.15, 0.2) is 5.82 Å². The summed E-state index contributed by atoms with van der Waals surface area (Å²) in [4.78, 5) is 13.4. The van der Waals surface area contributed by atoms with Gasteiger partial charge in [0.25, 0.3) is 0 Å². The Kier molecular flexibility index (Phi) is 6.66. The van der Waals surface area contributed by atoms with Gasteiger partial charge in [-0.3, -0.25) is 0 Å². The van der Waals surface area contributed by atoms with Gasteiger partial charge in [0.1, 0.15) is 16.9 Å². The summed E-state index contributed by atoms with van der Waals surface area (Å²) >= 11 is 6.51. The summed E-state index contributed by atoms with van der Waals surface area (Å²) < 4.78 is 22.8. The highest BCUT2D eigenvalue weighted by Crippen LogP contribution is 2.62. The van der Waals surface area contributed by atoms with Crippen molar-refractivity contribution in [1.82, 2.24) is 24.8 Å². The molecule has 0 unspecified atom stereocenters. The zero-order chi connectivity index (χ0) is 28.6. The smallest absolute Gasteiger partial charge is 0.223 e. The summed E-state index contributed by atoms with van der Waals surface area (Å²) in [7, 11) is 1.79. The minimum atomic E-state index is -1.25. The van der Waals surface area contributed by atoms with Gasteiger partial charge in [0.05, 0.1) is 40.2 Å². The van der Waals surface area contributed by atoms with Crippen molar-refractivity contribution in [3.8, 4) is 11.3 Å². The molecule has 4 aliphatic carbocycles. The van der Waals surface area contributed by atoms with Crippen molar-refractivity contribution < 1.29 is 19.3 Å². The van der Waals surface area contributed by atoms with Crippen LogP contribution in [0.4, 0.5) is 10.3 Å². The Morgan fingerprint density at radius 2 is 1.93 bits per heavy atom. The van der Waals surface area contributed by atoms with E-state index in [1.54, 1.807) is 27.0 Å². The molecule has 4 aliphatic rings. The largest absolute Gasteiger partial charge is 0.391 e. The molecule has 0 saturated heterocycles. The number of hydrogen-bond acceptors (Lipinski definition) is 8. The molecule has 3 atom stereocenters. The molecular weight excluding hydrogens is 535 g/mol. The predicted octanol–water partition coefficient (Wildman–Crippen LogP) is 4.70. The maximum Gasteiger partial charge on any atom is 0.223 e. The number of hydrogen-bond donors (Lipinski definition) is 4. The van der Waals surface area contributed by atoms with E-state index in [1.807, 2.05) is 18.4 Å². The second-order valence-corrected chi connectivity index (χ2v) is 13.3. The van der Waals surface area contributed by atoms with Crippen LogP contribution in [0.5, 0.6) is 0 Å². The van der Waals surface area contributed by atoms with Crippen LogP contribution in [0.25, 0.3) is 22.3 Å². The lowest BCUT2D eigenvalue weighted by Crippen LogP contribution is -2.80. The van der Waals surface area contributed by atoms with E-state index < -0.39 is 17.5 Å². The normalized spacial score (nSPS) is 29.9. The van der Waals surface area contributed by atoms with Crippen LogP contribution >= 0.6 is 11.6 Å². The molecule has 0 radical (unpaired) electrons. The molecule has 2 bridgehead atoms. The number of ether oxygens (including phenoxy) is 1. The highest BCUT2D eigenvalue weighted by Gasteiger charge is 2.69. The van der Waals surface area contributed by atoms with Crippen molar-refractivity contribution >= 4 is 28.6 Å². The standard InChI is InChI=1S/C29H38ClFN6O3/c1-15(2)37-21-9-16(8-19(31)24(21)34-25(37)27(3,4)39)23-18(30)11-32-26(35-23)33-20-7-6-17(10-22(20)38)36-28-12-29(13-28,14-28)40-5/h8-9,11,15,17,20,22,36,38-39H,6-7,10,12-14H2,1-5H3,(H,32,33,35)/t17-,20-,22-,28?,29?/m1/s1. The van der Waals surface area contributed by atoms with Crippen LogP contribution in [0.1, 0.15) is 78.1 Å². The van der Waals surface area contributed by atoms with E-state index in [0.717, 1.165) is 32.1 Å². The van der Waals surface area contributed by atoms with Gasteiger partial charge in [-0.25, -0.2) is 19.3 Å². The molecule has 1 aromatic carbocycles. The van der Waals surface area contributed by atoms with E-state index in [-0.39, 0.29) is 39.8 Å². The van der Waals surface area contributed by atoms with Gasteiger partial charge in [-0.05, 0) is 78.4 Å². The first-order valence-electron chi connectivity index (χ1n) is 14.1. The quantitative estimate of drug-likeness (QED) is 0.307. The highest BCUT2D eigenvalue weighted by molar-refractivity contribution is 6.33. The van der Waals surface area contributed by atoms with Gasteiger partial charge in [-0.1, -0.05) is 11.6 Å². The minimum absolute atomic E-state index is 0.0685. The SMILES string of the molecule is COC12CC(N[C@@H]3CC[C@@H](Nc4ncc(Cl)c(-c5cc(F)c6nc(C(C)(C)O)n(C(C)C)c6c5)n4)[C@H](O)C3)(C1)C2. The number of imidazole rings is 1. The van der Waals surface area contributed by atoms with E-state index in [2.05, 4.69) is 25.6 Å². The highest BCUT2D eigenvalue weighted by atomic mass is 35.5. The van der Waals surface area contributed by atoms with E-state index >= 15 is 4.39 Å². The average Bonchev–Trinajstić information content (AvgIpc) is 3.24. The predicted molar refractivity (Wildman–Crippen MR) is 152 cm³/mol. The molecule has 7 rings (SSSR count). The maximum absolute atomic E-state index is 15.4. The fourth-order valence-corrected chi connectivity index (χ4v) is 7.19. The summed E-state index contributed by atoms with van der Waals surface area (Å²) in [6.45, 7) is 7.19. The Labute approximate surface area is 238 Å². The maximum atomic E-state index is 15.4. The summed E-state index contributed by atoms with van der Waals surface area (Å²) in [5, 5.41) is 29.0. The fourth-order valence-electron chi connectivity index (χ4n) is 6.99. The van der Waals surface area contributed by atoms with Crippen molar-refractivity contribution in [3.05, 3.63) is 35.0 Å². The zero-order valence-corrected chi connectivity index (χ0v) is 24.4. The Bertz CT molecular complexity index is 1430. The van der Waals surface area contributed by atoms with Crippen LogP contribution in [-0.2, 0) is 10.3 Å². The molecule has 0 spiro atoms. The lowest BCUT2D eigenvalue weighted by atomic mass is 9.46. The van der Waals surface area contributed by atoms with Gasteiger partial charge in [-0.15, -0.1) is 0 Å². The van der Waals surface area contributed by atoms with Gasteiger partial charge in [0.2, 0.25) is 5.95 Å². The van der Waals surface area contributed by atoms with Crippen molar-refractivity contribution in [1.29, 1.82) is 0 Å². The lowest BCUT2D eigenvalue weighted by molar-refractivity contribution is -0.241. The number of aromatic nitrogens is 4. The number of aliphatic hydroxyl groups excluding tert-OH is 1. The Morgan fingerprint density at radius 1 is 1.20 bits per heavy atom. The van der Waals surface area contributed by atoms with Crippen LogP contribution in [0.15, 0.2) is 18.3 Å². The average molecular weight is 573 g/mol. The Morgan fingerprint density at radius 3 is 2.55 bits per heavy atom. The first-order chi connectivity index (χ1) is 18.8. The third kappa shape index (κ3) is 4.67. The second-order valence-electron chi connectivity index (χ2n) is 12.8. The molecule has 11 heteroatoms. The van der Waals surface area contributed by atoms with Crippen molar-refractivity contribution in [2.75, 3.05) is 12.4 Å². The number of halogens is 2. The minimum Gasteiger partial charge on any atom is -0.391 e. The summed E-state index contributed by atoms with van der Waals surface area (Å²) in [5.74, 6) is 0.186. The van der Waals surface area contributed by atoms with E-state index in [4.69, 9.17) is 16.3 Å². The van der Waals surface area contributed by atoms with Gasteiger partial charge in [-0.2, -0.15) is 0 Å². The fraction of sp³-hybridized carbons (Fsp3) is 0.621. The van der Waals surface area contributed by atoms with Crippen LogP contribution in [0.3, 0.4) is 0 Å². The Balaban J connectivity index is 1.21. The molecule has 2 heterocycles. The van der Waals surface area contributed by atoms with Crippen LogP contribution in [0, 0.1) is 5.82 Å². The summed E-state index contributed by atoms with van der Waals surface area (Å²) in [6, 6.07) is 3.14. The molecule has 2 aromatic heterocycles. The third-order valence-corrected chi connectivity index (χ3v) is 9.16. The van der Waals surface area contributed by atoms with E-state index in [0.29, 0.717) is 35.0 Å². The topological polar surface area (TPSA) is 117 Å². The van der Waals surface area contributed by atoms with Crippen molar-refractivity contribution in [3.63, 3.8) is 0 Å². The second kappa shape index (κ2) is 9.59. The summed E-state index contributed by atoms with van der Waals surface area (Å²) in [5.41, 5.74) is 0.610. The first-order valence-corrected chi connectivity index (χ1v) is 14.4. The number of nitrogens with one attached hydrogen (secondary N) is 2. The molecule has 4 saturated carbocycles. The lowest BCUT2D eigenvalue weighted by Gasteiger charge is -2.70. The molecule has 4 fully saturated rings. The van der Waals surface area contributed by atoms with Gasteiger partial charge >= 0.3 is 0 Å². The van der Waals surface area contributed by atoms with Crippen molar-refractivity contribution in [2.24, 2.45) is 0 Å². The molecule has 40 heavy (non-hydrogen) atoms. The van der Waals surface area contributed by atoms with Crippen LogP contribution in [0.2, 0.25) is 5.02 Å². The number of anilines is 1. The van der Waals surface area contributed by atoms with Gasteiger partial charge in [0, 0.05) is 30.3 Å². The molecule has 0 amide bonds. The first kappa shape index (κ1) is 27.8. The number of rotatable bonds is 8. The zero-order valence-electron chi connectivity index (χ0n) is 23.6. The van der Waals surface area contributed by atoms with Crippen LogP contribution < -0.4 is 10.6 Å². The monoisotopic (exact) mass is 572 g/mol. The molecule has 216 valence electrons. The van der Waals surface area contributed by atoms with Crippen LogP contribution in [-0.4, -0.2) is 66.2 Å². The third-order valence-electron chi connectivity index (χ3n) is 8.89. The summed E-state index contributed by atoms with van der Waals surface area (Å²) in [6.07, 6.45) is 6.42. The number of fused-ring (bicyclic) bond motifs is 1. The van der Waals surface area contributed by atoms with E-state index in [1.165, 1.54) is 12.3 Å². The number of aliphatic hydroxyl groups is 2. The number of nitrogens with zero attached hydrogens (tertiary/aromatic N) is 4. The number of methoxy groups -OCH3 is 1. The van der Waals surface area contributed by atoms with Gasteiger partial charge < -0.3 is 30.2 Å². The Hall–Kier alpha value is -2.37.